The maximum Gasteiger partial charge on any atom is 0.401 e. The van der Waals surface area contributed by atoms with Gasteiger partial charge in [-0.2, -0.15) is 0 Å². The predicted octanol–water partition coefficient (Wildman–Crippen LogP) is 0.159. The molecule has 3 nitrogen and oxygen atoms in total. The van der Waals surface area contributed by atoms with E-state index in [0.717, 1.165) is 28.0 Å². The molecule has 60 valence electrons. The Morgan fingerprint density at radius 1 is 1.55 bits per heavy atom. The first kappa shape index (κ1) is 8.64. The van der Waals surface area contributed by atoms with Gasteiger partial charge in [-0.15, -0.1) is 0 Å². The normalized spacial score (nSPS) is 11.9. The molecule has 0 aromatic carbocycles. The summed E-state index contributed by atoms with van der Waals surface area (Å²) in [6.45, 7) is 6.41. The molecule has 4 heteroatoms. The van der Waals surface area contributed by atoms with Crippen molar-refractivity contribution in [3.8, 4) is 0 Å². The fourth-order valence-electron chi connectivity index (χ4n) is 0.848. The molecule has 0 spiro atoms. The van der Waals surface area contributed by atoms with Crippen LogP contribution in [0.2, 0.25) is 0 Å². The first-order valence-corrected chi connectivity index (χ1v) is 4.60. The van der Waals surface area contributed by atoms with Crippen LogP contribution in [0.15, 0.2) is 6.07 Å². The summed E-state index contributed by atoms with van der Waals surface area (Å²) in [4.78, 5) is 0. The van der Waals surface area contributed by atoms with E-state index in [9.17, 15) is 0 Å². The Kier molecular flexibility index (Phi) is 2.00. The summed E-state index contributed by atoms with van der Waals surface area (Å²) < 4.78 is 1.83. The Morgan fingerprint density at radius 3 is 2.27 bits per heavy atom. The summed E-state index contributed by atoms with van der Waals surface area (Å²) in [5, 5.41) is 4.33. The van der Waals surface area contributed by atoms with Crippen molar-refractivity contribution in [2.75, 3.05) is 5.73 Å². The van der Waals surface area contributed by atoms with Gasteiger partial charge in [-0.3, -0.25) is 0 Å². The van der Waals surface area contributed by atoms with Crippen molar-refractivity contribution < 1.29 is 0 Å². The average molecular weight is 167 g/mol. The van der Waals surface area contributed by atoms with Crippen molar-refractivity contribution in [1.29, 1.82) is 0 Å². The quantitative estimate of drug-likeness (QED) is 0.559. The second-order valence-electron chi connectivity index (χ2n) is 3.83. The van der Waals surface area contributed by atoms with E-state index in [2.05, 4.69) is 25.9 Å². The first-order chi connectivity index (χ1) is 4.91. The van der Waals surface area contributed by atoms with Crippen LogP contribution in [0.4, 0.5) is 5.82 Å². The molecule has 0 aliphatic rings. The highest BCUT2D eigenvalue weighted by molar-refractivity contribution is 6.07. The van der Waals surface area contributed by atoms with Crippen molar-refractivity contribution in [3.05, 3.63) is 11.8 Å². The Morgan fingerprint density at radius 2 is 2.09 bits per heavy atom. The lowest BCUT2D eigenvalue weighted by Gasteiger charge is -2.13. The van der Waals surface area contributed by atoms with Crippen molar-refractivity contribution in [3.63, 3.8) is 0 Å². The third-order valence-electron chi connectivity index (χ3n) is 1.68. The molecule has 0 aliphatic carbocycles. The second kappa shape index (κ2) is 2.54. The lowest BCUT2D eigenvalue weighted by Crippen LogP contribution is -2.12. The molecule has 0 saturated carbocycles. The fourth-order valence-corrected chi connectivity index (χ4v) is 1.19. The number of anilines is 1. The minimum atomic E-state index is 0.115. The SMILES string of the molecule is CC(C)(C)c1cc(N)[n]([AlH2])n1. The summed E-state index contributed by atoms with van der Waals surface area (Å²) in [7, 11) is 0. The van der Waals surface area contributed by atoms with Crippen LogP contribution in [0.25, 0.3) is 0 Å². The molecule has 0 fully saturated rings. The second-order valence-corrected chi connectivity index (χ2v) is 4.68. The number of hydrogen-bond donors (Lipinski definition) is 1. The van der Waals surface area contributed by atoms with Crippen LogP contribution >= 0.6 is 0 Å². The van der Waals surface area contributed by atoms with Crippen LogP contribution in [0.3, 0.4) is 0 Å². The van der Waals surface area contributed by atoms with Gasteiger partial charge in [-0.25, -0.2) is 5.10 Å². The number of nitrogens with zero attached hydrogens (tertiary/aromatic N) is 2. The number of aromatic nitrogens is 2. The fraction of sp³-hybridized carbons (Fsp3) is 0.571. The van der Waals surface area contributed by atoms with Crippen LogP contribution in [0, 0.1) is 0 Å². The number of nitrogens with two attached hydrogens (primary N) is 1. The van der Waals surface area contributed by atoms with Gasteiger partial charge in [0.1, 0.15) is 0 Å². The van der Waals surface area contributed by atoms with E-state index in [4.69, 9.17) is 5.73 Å². The van der Waals surface area contributed by atoms with Crippen LogP contribution < -0.4 is 5.73 Å². The molecule has 11 heavy (non-hydrogen) atoms. The molecule has 1 aromatic rings. The van der Waals surface area contributed by atoms with E-state index in [1.54, 1.807) is 0 Å². The first-order valence-electron chi connectivity index (χ1n) is 3.71. The van der Waals surface area contributed by atoms with Crippen LogP contribution in [-0.2, 0) is 5.41 Å². The van der Waals surface area contributed by atoms with E-state index in [1.165, 1.54) is 0 Å². The maximum absolute atomic E-state index is 5.67. The smallest absolute Gasteiger partial charge is 0.386 e. The zero-order chi connectivity index (χ0) is 8.65. The largest absolute Gasteiger partial charge is 0.401 e. The topological polar surface area (TPSA) is 43.8 Å². The molecule has 1 aromatic heterocycles. The Bertz CT molecular complexity index is 240. The number of hydrogen-bond acceptors (Lipinski definition) is 2. The minimum Gasteiger partial charge on any atom is -0.386 e. The molecule has 1 rings (SSSR count). The van der Waals surface area contributed by atoms with Crippen LogP contribution in [0.1, 0.15) is 26.5 Å². The lowest BCUT2D eigenvalue weighted by atomic mass is 9.92. The number of nitrogen functional groups attached to an aromatic ring is 1. The predicted molar refractivity (Wildman–Crippen MR) is 49.3 cm³/mol. The third-order valence-corrected chi connectivity index (χ3v) is 2.40. The molecular formula is C7H14AlN3. The zero-order valence-electron chi connectivity index (χ0n) is 7.55. The molecule has 0 radical (unpaired) electrons. The Hall–Kier alpha value is -0.458. The molecule has 0 bridgehead atoms. The van der Waals surface area contributed by atoms with Gasteiger partial charge in [0.05, 0.1) is 11.5 Å². The Labute approximate surface area is 75.2 Å². The van der Waals surface area contributed by atoms with Gasteiger partial charge in [0.15, 0.2) is 0 Å². The van der Waals surface area contributed by atoms with Crippen molar-refractivity contribution in [2.45, 2.75) is 26.2 Å². The van der Waals surface area contributed by atoms with Crippen LogP contribution in [-0.4, -0.2) is 25.3 Å². The van der Waals surface area contributed by atoms with E-state index >= 15 is 0 Å². The maximum atomic E-state index is 5.67. The highest BCUT2D eigenvalue weighted by Crippen LogP contribution is 2.21. The van der Waals surface area contributed by atoms with Crippen molar-refractivity contribution in [2.24, 2.45) is 0 Å². The summed E-state index contributed by atoms with van der Waals surface area (Å²) in [5.74, 6) is 0.779. The zero-order valence-corrected chi connectivity index (χ0v) is 9.55. The minimum absolute atomic E-state index is 0.115. The Balaban J connectivity index is 3.08. The van der Waals surface area contributed by atoms with Gasteiger partial charge in [-0.1, -0.05) is 20.8 Å². The highest BCUT2D eigenvalue weighted by atomic mass is 27.1. The van der Waals surface area contributed by atoms with Crippen molar-refractivity contribution in [1.82, 2.24) is 8.76 Å². The van der Waals surface area contributed by atoms with E-state index in [-0.39, 0.29) is 5.41 Å². The molecule has 0 atom stereocenters. The monoisotopic (exact) mass is 167 g/mol. The van der Waals surface area contributed by atoms with E-state index in [0.29, 0.717) is 0 Å². The van der Waals surface area contributed by atoms with E-state index in [1.807, 2.05) is 9.73 Å². The van der Waals surface area contributed by atoms with Crippen LogP contribution in [0.5, 0.6) is 0 Å². The van der Waals surface area contributed by atoms with Gasteiger partial charge in [0, 0.05) is 11.5 Å². The summed E-state index contributed by atoms with van der Waals surface area (Å²) in [6, 6.07) is 1.95. The van der Waals surface area contributed by atoms with Gasteiger partial charge in [0.2, 0.25) is 0 Å². The molecule has 0 aliphatic heterocycles. The van der Waals surface area contributed by atoms with Gasteiger partial charge < -0.3 is 9.40 Å². The molecular weight excluding hydrogens is 153 g/mol. The van der Waals surface area contributed by atoms with Crippen molar-refractivity contribution >= 4 is 22.3 Å². The molecule has 0 amide bonds. The van der Waals surface area contributed by atoms with Gasteiger partial charge in [0.25, 0.3) is 0 Å². The summed E-state index contributed by atoms with van der Waals surface area (Å²) >= 11 is 0.861. The molecule has 0 saturated heterocycles. The third kappa shape index (κ3) is 1.76. The molecule has 2 N–H and O–H groups in total. The standard InChI is InChI=1S/C7H12N3.Al.2H/c1-7(2,3)5-4-6(8)10-9-5;;;/h4H,1-3H3,(H2-,8,9,10);;;/q-1;+1;;. The molecule has 0 unspecified atom stereocenters. The average Bonchev–Trinajstić information content (AvgIpc) is 2.11. The lowest BCUT2D eigenvalue weighted by molar-refractivity contribution is 0.564. The van der Waals surface area contributed by atoms with Gasteiger partial charge >= 0.3 is 16.5 Å². The highest BCUT2D eigenvalue weighted by Gasteiger charge is 2.17. The summed E-state index contributed by atoms with van der Waals surface area (Å²) in [6.07, 6.45) is 0. The summed E-state index contributed by atoms with van der Waals surface area (Å²) in [5.41, 5.74) is 6.86. The van der Waals surface area contributed by atoms with Gasteiger partial charge in [-0.05, 0) is 0 Å². The number of rotatable bonds is 0. The van der Waals surface area contributed by atoms with E-state index < -0.39 is 0 Å². The molecule has 1 heterocycles.